The molecule has 1 aromatic heterocycles. The number of rotatable bonds is 5. The number of hydrogen-bond acceptors (Lipinski definition) is 4. The number of amides is 1. The normalized spacial score (nSPS) is 10.7. The van der Waals surface area contributed by atoms with Crippen LogP contribution in [0.25, 0.3) is 11.1 Å². The van der Waals surface area contributed by atoms with Gasteiger partial charge in [-0.05, 0) is 12.1 Å². The van der Waals surface area contributed by atoms with Crippen molar-refractivity contribution in [2.24, 2.45) is 0 Å². The van der Waals surface area contributed by atoms with Gasteiger partial charge in [-0.1, -0.05) is 12.1 Å². The number of aryl methyl sites for hydroxylation is 1. The van der Waals surface area contributed by atoms with Crippen LogP contribution in [0.3, 0.4) is 0 Å². The standard InChI is InChI=1S/C12H14N2O4/c15-8-6-13-11(16)5-7-14-9-3-1-2-4-10(9)18-12(14)17/h1-4,15H,5-8H2,(H,13,16). The fourth-order valence-electron chi connectivity index (χ4n) is 1.72. The Morgan fingerprint density at radius 2 is 2.17 bits per heavy atom. The zero-order valence-electron chi connectivity index (χ0n) is 9.76. The number of aliphatic hydroxyl groups excluding tert-OH is 1. The minimum absolute atomic E-state index is 0.0969. The molecule has 2 N–H and O–H groups in total. The molecule has 0 atom stereocenters. The summed E-state index contributed by atoms with van der Waals surface area (Å²) in [6, 6.07) is 7.06. The molecule has 1 aromatic carbocycles. The number of hydrogen-bond donors (Lipinski definition) is 2. The van der Waals surface area contributed by atoms with Crippen molar-refractivity contribution in [2.45, 2.75) is 13.0 Å². The van der Waals surface area contributed by atoms with Crippen molar-refractivity contribution in [1.82, 2.24) is 9.88 Å². The maximum atomic E-state index is 11.6. The van der Waals surface area contributed by atoms with Gasteiger partial charge in [0.2, 0.25) is 5.91 Å². The molecule has 0 unspecified atom stereocenters. The van der Waals surface area contributed by atoms with Crippen LogP contribution in [0.1, 0.15) is 6.42 Å². The van der Waals surface area contributed by atoms with Gasteiger partial charge in [0, 0.05) is 19.5 Å². The van der Waals surface area contributed by atoms with Gasteiger partial charge in [-0.25, -0.2) is 4.79 Å². The molecule has 6 heteroatoms. The summed E-state index contributed by atoms with van der Waals surface area (Å²) < 4.78 is 6.47. The van der Waals surface area contributed by atoms with Crippen LogP contribution >= 0.6 is 0 Å². The molecule has 0 saturated carbocycles. The average Bonchev–Trinajstić information content (AvgIpc) is 2.69. The highest BCUT2D eigenvalue weighted by Gasteiger charge is 2.09. The van der Waals surface area contributed by atoms with Crippen LogP contribution in [-0.2, 0) is 11.3 Å². The minimum Gasteiger partial charge on any atom is -0.408 e. The van der Waals surface area contributed by atoms with Crippen molar-refractivity contribution < 1.29 is 14.3 Å². The molecule has 2 aromatic rings. The van der Waals surface area contributed by atoms with Gasteiger partial charge in [0.25, 0.3) is 0 Å². The molecule has 1 amide bonds. The van der Waals surface area contributed by atoms with Gasteiger partial charge in [-0.3, -0.25) is 9.36 Å². The van der Waals surface area contributed by atoms with Crippen LogP contribution in [0, 0.1) is 0 Å². The van der Waals surface area contributed by atoms with E-state index in [1.807, 2.05) is 0 Å². The molecule has 0 aliphatic carbocycles. The van der Waals surface area contributed by atoms with E-state index in [0.29, 0.717) is 11.1 Å². The van der Waals surface area contributed by atoms with E-state index in [1.54, 1.807) is 24.3 Å². The largest absolute Gasteiger partial charge is 0.419 e. The lowest BCUT2D eigenvalue weighted by Crippen LogP contribution is -2.28. The predicted octanol–water partition coefficient (Wildman–Crippen LogP) is 0.0931. The van der Waals surface area contributed by atoms with Crippen molar-refractivity contribution in [3.05, 3.63) is 34.8 Å². The zero-order valence-corrected chi connectivity index (χ0v) is 9.76. The van der Waals surface area contributed by atoms with Crippen molar-refractivity contribution in [3.8, 4) is 0 Å². The molecule has 2 rings (SSSR count). The van der Waals surface area contributed by atoms with Gasteiger partial charge < -0.3 is 14.8 Å². The fourth-order valence-corrected chi connectivity index (χ4v) is 1.72. The number of fused-ring (bicyclic) bond motifs is 1. The maximum absolute atomic E-state index is 11.6. The molecule has 0 aliphatic heterocycles. The topological polar surface area (TPSA) is 84.5 Å². The van der Waals surface area contributed by atoms with E-state index in [-0.39, 0.29) is 32.0 Å². The van der Waals surface area contributed by atoms with Crippen LogP contribution in [0.15, 0.2) is 33.5 Å². The Kier molecular flexibility index (Phi) is 3.78. The molecular weight excluding hydrogens is 236 g/mol. The quantitative estimate of drug-likeness (QED) is 0.787. The summed E-state index contributed by atoms with van der Waals surface area (Å²) >= 11 is 0. The molecule has 0 radical (unpaired) electrons. The first-order valence-electron chi connectivity index (χ1n) is 5.68. The third kappa shape index (κ3) is 2.60. The Hall–Kier alpha value is -2.08. The van der Waals surface area contributed by atoms with E-state index in [4.69, 9.17) is 9.52 Å². The second-order valence-electron chi connectivity index (χ2n) is 3.81. The number of benzene rings is 1. The van der Waals surface area contributed by atoms with E-state index >= 15 is 0 Å². The number of nitrogens with one attached hydrogen (secondary N) is 1. The summed E-state index contributed by atoms with van der Waals surface area (Å²) in [7, 11) is 0. The Morgan fingerprint density at radius 3 is 2.94 bits per heavy atom. The predicted molar refractivity (Wildman–Crippen MR) is 65.2 cm³/mol. The summed E-state index contributed by atoms with van der Waals surface area (Å²) in [4.78, 5) is 23.0. The third-order valence-corrected chi connectivity index (χ3v) is 2.57. The molecule has 0 aliphatic rings. The van der Waals surface area contributed by atoms with Gasteiger partial charge in [-0.15, -0.1) is 0 Å². The first kappa shape index (κ1) is 12.4. The number of carbonyl (C=O) groups excluding carboxylic acids is 1. The maximum Gasteiger partial charge on any atom is 0.419 e. The van der Waals surface area contributed by atoms with Crippen LogP contribution in [0.5, 0.6) is 0 Å². The minimum atomic E-state index is -0.467. The molecule has 18 heavy (non-hydrogen) atoms. The summed E-state index contributed by atoms with van der Waals surface area (Å²) in [5, 5.41) is 11.1. The van der Waals surface area contributed by atoms with E-state index in [0.717, 1.165) is 0 Å². The summed E-state index contributed by atoms with van der Waals surface area (Å²) in [6.07, 6.45) is 0.170. The first-order chi connectivity index (χ1) is 8.72. The van der Waals surface area contributed by atoms with Crippen molar-refractivity contribution >= 4 is 17.0 Å². The number of oxazole rings is 1. The highest BCUT2D eigenvalue weighted by atomic mass is 16.4. The van der Waals surface area contributed by atoms with E-state index in [2.05, 4.69) is 5.32 Å². The highest BCUT2D eigenvalue weighted by molar-refractivity contribution is 5.76. The lowest BCUT2D eigenvalue weighted by atomic mass is 10.3. The number of carbonyl (C=O) groups is 1. The summed E-state index contributed by atoms with van der Waals surface area (Å²) in [5.41, 5.74) is 1.19. The number of nitrogens with zero attached hydrogens (tertiary/aromatic N) is 1. The molecule has 0 spiro atoms. The second-order valence-corrected chi connectivity index (χ2v) is 3.81. The third-order valence-electron chi connectivity index (χ3n) is 2.57. The molecule has 6 nitrogen and oxygen atoms in total. The number of aromatic nitrogens is 1. The van der Waals surface area contributed by atoms with Gasteiger partial charge in [-0.2, -0.15) is 0 Å². The van der Waals surface area contributed by atoms with Crippen molar-refractivity contribution in [2.75, 3.05) is 13.2 Å². The second kappa shape index (κ2) is 5.50. The molecular formula is C12H14N2O4. The Bertz CT molecular complexity index is 599. The SMILES string of the molecule is O=C(CCn1c(=O)oc2ccccc21)NCCO. The van der Waals surface area contributed by atoms with Crippen molar-refractivity contribution in [1.29, 1.82) is 0 Å². The van der Waals surface area contributed by atoms with Crippen LogP contribution in [-0.4, -0.2) is 28.7 Å². The number of para-hydroxylation sites is 2. The van der Waals surface area contributed by atoms with Crippen LogP contribution in [0.4, 0.5) is 0 Å². The average molecular weight is 250 g/mol. The molecule has 0 fully saturated rings. The lowest BCUT2D eigenvalue weighted by Gasteiger charge is -2.03. The highest BCUT2D eigenvalue weighted by Crippen LogP contribution is 2.11. The Labute approximate surface area is 103 Å². The monoisotopic (exact) mass is 250 g/mol. The molecule has 0 saturated heterocycles. The Balaban J connectivity index is 2.10. The van der Waals surface area contributed by atoms with E-state index in [9.17, 15) is 9.59 Å². The molecule has 0 bridgehead atoms. The van der Waals surface area contributed by atoms with E-state index in [1.165, 1.54) is 4.57 Å². The van der Waals surface area contributed by atoms with Crippen molar-refractivity contribution in [3.63, 3.8) is 0 Å². The fraction of sp³-hybridized carbons (Fsp3) is 0.333. The number of aliphatic hydroxyl groups is 1. The molecule has 1 heterocycles. The van der Waals surface area contributed by atoms with E-state index < -0.39 is 5.76 Å². The zero-order chi connectivity index (χ0) is 13.0. The summed E-state index contributed by atoms with van der Waals surface area (Å²) in [5.74, 6) is -0.674. The van der Waals surface area contributed by atoms with Gasteiger partial charge >= 0.3 is 5.76 Å². The summed E-state index contributed by atoms with van der Waals surface area (Å²) in [6.45, 7) is 0.382. The Morgan fingerprint density at radius 1 is 1.39 bits per heavy atom. The van der Waals surface area contributed by atoms with Gasteiger partial charge in [0.1, 0.15) is 0 Å². The van der Waals surface area contributed by atoms with Gasteiger partial charge in [0.15, 0.2) is 5.58 Å². The van der Waals surface area contributed by atoms with Crippen LogP contribution < -0.4 is 11.1 Å². The first-order valence-corrected chi connectivity index (χ1v) is 5.68. The van der Waals surface area contributed by atoms with Gasteiger partial charge in [0.05, 0.1) is 12.1 Å². The van der Waals surface area contributed by atoms with Crippen LogP contribution in [0.2, 0.25) is 0 Å². The molecule has 96 valence electrons. The lowest BCUT2D eigenvalue weighted by molar-refractivity contribution is -0.121. The smallest absolute Gasteiger partial charge is 0.408 e.